The minimum atomic E-state index is -0.711. The van der Waals surface area contributed by atoms with Crippen LogP contribution in [0.2, 0.25) is 0 Å². The lowest BCUT2D eigenvalue weighted by atomic mass is 9.65. The maximum Gasteiger partial charge on any atom is 0.223 e. The lowest BCUT2D eigenvalue weighted by molar-refractivity contribution is -0.128. The quantitative estimate of drug-likeness (QED) is 0.728. The van der Waals surface area contributed by atoms with Gasteiger partial charge < -0.3 is 20.9 Å². The average molecular weight is 360 g/mol. The van der Waals surface area contributed by atoms with Crippen LogP contribution in [0.1, 0.15) is 57.6 Å². The second kappa shape index (κ2) is 8.40. The fourth-order valence-electron chi connectivity index (χ4n) is 4.50. The number of fused-ring (bicyclic) bond motifs is 2. The van der Waals surface area contributed by atoms with Crippen molar-refractivity contribution in [3.05, 3.63) is 29.8 Å². The van der Waals surface area contributed by atoms with Crippen molar-refractivity contribution in [2.24, 2.45) is 23.5 Å². The maximum atomic E-state index is 12.6. The number of nitrogens with one attached hydrogen (secondary N) is 1. The van der Waals surface area contributed by atoms with Gasteiger partial charge in [-0.15, -0.1) is 0 Å². The highest BCUT2D eigenvalue weighted by Gasteiger charge is 2.40. The summed E-state index contributed by atoms with van der Waals surface area (Å²) in [7, 11) is 0. The van der Waals surface area contributed by atoms with E-state index in [0.717, 1.165) is 37.0 Å². The number of benzene rings is 1. The predicted octanol–water partition coefficient (Wildman–Crippen LogP) is 2.78. The molecule has 2 aliphatic rings. The molecule has 0 radical (unpaired) electrons. The number of carbonyl (C=O) groups excluding carboxylic acids is 1. The van der Waals surface area contributed by atoms with Crippen LogP contribution < -0.4 is 15.8 Å². The SMILES string of the molecule is CC(C)Oc1ccc(C(O)CNC(=O)C2CC3CCCC(C2)C3N)cc1. The highest BCUT2D eigenvalue weighted by atomic mass is 16.5. The Morgan fingerprint density at radius 2 is 1.85 bits per heavy atom. The molecular formula is C21H32N2O3. The average Bonchev–Trinajstić information content (AvgIpc) is 2.59. The molecule has 3 unspecified atom stereocenters. The zero-order valence-electron chi connectivity index (χ0n) is 15.9. The van der Waals surface area contributed by atoms with Crippen molar-refractivity contribution in [2.45, 2.75) is 64.2 Å². The van der Waals surface area contributed by atoms with E-state index in [9.17, 15) is 9.90 Å². The Morgan fingerprint density at radius 3 is 2.42 bits per heavy atom. The lowest BCUT2D eigenvalue weighted by Gasteiger charge is -2.43. The van der Waals surface area contributed by atoms with E-state index in [1.807, 2.05) is 38.1 Å². The van der Waals surface area contributed by atoms with Crippen LogP contribution >= 0.6 is 0 Å². The smallest absolute Gasteiger partial charge is 0.223 e. The summed E-state index contributed by atoms with van der Waals surface area (Å²) in [5, 5.41) is 13.3. The molecule has 1 aromatic rings. The lowest BCUT2D eigenvalue weighted by Crippen LogP contribution is -2.49. The number of nitrogens with two attached hydrogens (primary N) is 1. The molecule has 0 heterocycles. The summed E-state index contributed by atoms with van der Waals surface area (Å²) in [5.41, 5.74) is 7.09. The molecule has 4 N–H and O–H groups in total. The summed E-state index contributed by atoms with van der Waals surface area (Å²) >= 11 is 0. The van der Waals surface area contributed by atoms with Crippen LogP contribution in [-0.4, -0.2) is 29.7 Å². The van der Waals surface area contributed by atoms with Crippen LogP contribution in [0.3, 0.4) is 0 Å². The van der Waals surface area contributed by atoms with Gasteiger partial charge in [-0.05, 0) is 69.1 Å². The molecule has 1 amide bonds. The van der Waals surface area contributed by atoms with Crippen molar-refractivity contribution in [1.82, 2.24) is 5.32 Å². The van der Waals surface area contributed by atoms with Gasteiger partial charge in [0.1, 0.15) is 5.75 Å². The van der Waals surface area contributed by atoms with Gasteiger partial charge in [0.2, 0.25) is 5.91 Å². The van der Waals surface area contributed by atoms with E-state index in [-0.39, 0.29) is 30.5 Å². The fourth-order valence-corrected chi connectivity index (χ4v) is 4.50. The van der Waals surface area contributed by atoms with Crippen LogP contribution in [0, 0.1) is 17.8 Å². The Kier molecular flexibility index (Phi) is 6.20. The van der Waals surface area contributed by atoms with E-state index >= 15 is 0 Å². The standard InChI is InChI=1S/C21H32N2O3/c1-13(2)26-18-8-6-14(7-9-18)19(24)12-23-21(25)17-10-15-4-3-5-16(11-17)20(15)22/h6-9,13,15-17,19-20,24H,3-5,10-12,22H2,1-2H3,(H,23,25). The number of hydrogen-bond acceptors (Lipinski definition) is 4. The van der Waals surface area contributed by atoms with Gasteiger partial charge in [0.25, 0.3) is 0 Å². The van der Waals surface area contributed by atoms with Gasteiger partial charge in [-0.3, -0.25) is 4.79 Å². The van der Waals surface area contributed by atoms with Crippen molar-refractivity contribution >= 4 is 5.91 Å². The largest absolute Gasteiger partial charge is 0.491 e. The third-order valence-corrected chi connectivity index (χ3v) is 5.89. The Bertz CT molecular complexity index is 588. The first-order chi connectivity index (χ1) is 12.4. The van der Waals surface area contributed by atoms with Crippen molar-refractivity contribution < 1.29 is 14.6 Å². The van der Waals surface area contributed by atoms with Crippen LogP contribution in [0.25, 0.3) is 0 Å². The van der Waals surface area contributed by atoms with Crippen molar-refractivity contribution in [3.63, 3.8) is 0 Å². The molecular weight excluding hydrogens is 328 g/mol. The summed E-state index contributed by atoms with van der Waals surface area (Å²) in [6.07, 6.45) is 4.73. The van der Waals surface area contributed by atoms with Crippen LogP contribution in [0.4, 0.5) is 0 Å². The summed E-state index contributed by atoms with van der Waals surface area (Å²) in [6.45, 7) is 4.19. The highest BCUT2D eigenvalue weighted by molar-refractivity contribution is 5.78. The molecule has 5 nitrogen and oxygen atoms in total. The first-order valence-corrected chi connectivity index (χ1v) is 9.92. The predicted molar refractivity (Wildman–Crippen MR) is 102 cm³/mol. The molecule has 3 atom stereocenters. The number of hydrogen-bond donors (Lipinski definition) is 3. The van der Waals surface area contributed by atoms with E-state index < -0.39 is 6.10 Å². The Hall–Kier alpha value is -1.59. The number of amides is 1. The Labute approximate surface area is 156 Å². The monoisotopic (exact) mass is 360 g/mol. The summed E-state index contributed by atoms with van der Waals surface area (Å²) in [5.74, 6) is 1.85. The highest BCUT2D eigenvalue weighted by Crippen LogP contribution is 2.41. The molecule has 144 valence electrons. The number of aliphatic hydroxyl groups excluding tert-OH is 1. The summed E-state index contributed by atoms with van der Waals surface area (Å²) in [4.78, 5) is 12.6. The molecule has 2 aliphatic carbocycles. The van der Waals surface area contributed by atoms with Crippen molar-refractivity contribution in [2.75, 3.05) is 6.54 Å². The zero-order valence-corrected chi connectivity index (χ0v) is 15.9. The Morgan fingerprint density at radius 1 is 1.23 bits per heavy atom. The summed E-state index contributed by atoms with van der Waals surface area (Å²) < 4.78 is 5.61. The molecule has 3 rings (SSSR count). The Balaban J connectivity index is 1.49. The maximum absolute atomic E-state index is 12.6. The van der Waals surface area contributed by atoms with E-state index in [4.69, 9.17) is 10.5 Å². The molecule has 1 aromatic carbocycles. The molecule has 0 saturated heterocycles. The topological polar surface area (TPSA) is 84.6 Å². The van der Waals surface area contributed by atoms with Crippen LogP contribution in [0.15, 0.2) is 24.3 Å². The van der Waals surface area contributed by atoms with Gasteiger partial charge in [-0.1, -0.05) is 18.6 Å². The van der Waals surface area contributed by atoms with Crippen molar-refractivity contribution in [3.8, 4) is 5.75 Å². The summed E-state index contributed by atoms with van der Waals surface area (Å²) in [6, 6.07) is 7.66. The molecule has 2 fully saturated rings. The van der Waals surface area contributed by atoms with E-state index in [1.54, 1.807) is 0 Å². The van der Waals surface area contributed by atoms with Crippen LogP contribution in [-0.2, 0) is 4.79 Å². The zero-order chi connectivity index (χ0) is 18.7. The minimum Gasteiger partial charge on any atom is -0.491 e. The number of ether oxygens (including phenoxy) is 1. The molecule has 26 heavy (non-hydrogen) atoms. The molecule has 2 saturated carbocycles. The number of aliphatic hydroxyl groups is 1. The van der Waals surface area contributed by atoms with Crippen molar-refractivity contribution in [1.29, 1.82) is 0 Å². The van der Waals surface area contributed by atoms with Gasteiger partial charge in [0.15, 0.2) is 0 Å². The molecule has 0 aromatic heterocycles. The van der Waals surface area contributed by atoms with Gasteiger partial charge in [0.05, 0.1) is 12.2 Å². The molecule has 0 spiro atoms. The minimum absolute atomic E-state index is 0.0408. The van der Waals surface area contributed by atoms with Gasteiger partial charge in [0, 0.05) is 18.5 Å². The first-order valence-electron chi connectivity index (χ1n) is 9.92. The van der Waals surface area contributed by atoms with Crippen LogP contribution in [0.5, 0.6) is 5.75 Å². The fraction of sp³-hybridized carbons (Fsp3) is 0.667. The second-order valence-corrected chi connectivity index (χ2v) is 8.19. The third-order valence-electron chi connectivity index (χ3n) is 5.89. The van der Waals surface area contributed by atoms with Gasteiger partial charge in [-0.25, -0.2) is 0 Å². The molecule has 2 bridgehead atoms. The van der Waals surface area contributed by atoms with E-state index in [1.165, 1.54) is 6.42 Å². The molecule has 0 aliphatic heterocycles. The van der Waals surface area contributed by atoms with Gasteiger partial charge >= 0.3 is 0 Å². The van der Waals surface area contributed by atoms with Gasteiger partial charge in [-0.2, -0.15) is 0 Å². The molecule has 5 heteroatoms. The number of rotatable bonds is 6. The number of carbonyl (C=O) groups is 1. The second-order valence-electron chi connectivity index (χ2n) is 8.19. The first kappa shape index (κ1) is 19.2. The van der Waals surface area contributed by atoms with E-state index in [0.29, 0.717) is 11.8 Å². The normalized spacial score (nSPS) is 29.3. The third kappa shape index (κ3) is 4.57. The van der Waals surface area contributed by atoms with E-state index in [2.05, 4.69) is 5.32 Å².